The van der Waals surface area contributed by atoms with Gasteiger partial charge in [0.2, 0.25) is 10.0 Å². The zero-order valence-electron chi connectivity index (χ0n) is 11.9. The van der Waals surface area contributed by atoms with Gasteiger partial charge in [0.25, 0.3) is 5.69 Å². The zero-order valence-corrected chi connectivity index (χ0v) is 12.7. The Labute approximate surface area is 127 Å². The van der Waals surface area contributed by atoms with Gasteiger partial charge in [0, 0.05) is 25.2 Å². The molecule has 1 atom stereocenters. The lowest BCUT2D eigenvalue weighted by molar-refractivity contribution is -0.385. The van der Waals surface area contributed by atoms with Crippen molar-refractivity contribution in [2.24, 2.45) is 5.92 Å². The Kier molecular flexibility index (Phi) is 4.47. The Balaban J connectivity index is 2.40. The van der Waals surface area contributed by atoms with Gasteiger partial charge in [-0.05, 0) is 25.3 Å². The Morgan fingerprint density at radius 3 is 2.73 bits per heavy atom. The number of benzene rings is 1. The van der Waals surface area contributed by atoms with Crippen molar-refractivity contribution >= 4 is 21.7 Å². The van der Waals surface area contributed by atoms with E-state index in [4.69, 9.17) is 5.11 Å². The molecule has 0 spiro atoms. The number of non-ortho nitro benzene ring substituents is 1. The number of nitro benzene ring substituents is 1. The standard InChI is InChI=1S/C13H16N2O6S/c1-9-4-5-11(15(18)19)7-12(9)22(20,21)14-6-2-3-10(8-14)13(16)17/h4-5,7,10H,2-3,6,8H2,1H3,(H,16,17). The Hall–Kier alpha value is -2.00. The molecule has 1 saturated heterocycles. The summed E-state index contributed by atoms with van der Waals surface area (Å²) in [5.74, 6) is -1.78. The van der Waals surface area contributed by atoms with Crippen LogP contribution in [0.3, 0.4) is 0 Å². The largest absolute Gasteiger partial charge is 0.481 e. The van der Waals surface area contributed by atoms with Crippen LogP contribution >= 0.6 is 0 Å². The number of aliphatic carboxylic acids is 1. The monoisotopic (exact) mass is 328 g/mol. The number of nitro groups is 1. The number of nitrogens with zero attached hydrogens (tertiary/aromatic N) is 2. The Morgan fingerprint density at radius 1 is 1.45 bits per heavy atom. The molecule has 1 unspecified atom stereocenters. The maximum absolute atomic E-state index is 12.7. The van der Waals surface area contributed by atoms with Crippen molar-refractivity contribution in [3.8, 4) is 0 Å². The molecule has 120 valence electrons. The summed E-state index contributed by atoms with van der Waals surface area (Å²) in [6.45, 7) is 1.66. The Morgan fingerprint density at radius 2 is 2.14 bits per heavy atom. The van der Waals surface area contributed by atoms with E-state index in [0.717, 1.165) is 10.4 Å². The van der Waals surface area contributed by atoms with Gasteiger partial charge in [-0.3, -0.25) is 14.9 Å². The van der Waals surface area contributed by atoms with E-state index >= 15 is 0 Å². The molecular weight excluding hydrogens is 312 g/mol. The van der Waals surface area contributed by atoms with Crippen LogP contribution < -0.4 is 0 Å². The second kappa shape index (κ2) is 6.01. The minimum atomic E-state index is -3.95. The second-order valence-corrected chi connectivity index (χ2v) is 7.15. The highest BCUT2D eigenvalue weighted by molar-refractivity contribution is 7.89. The molecule has 9 heteroatoms. The number of piperidine rings is 1. The molecule has 8 nitrogen and oxygen atoms in total. The maximum Gasteiger partial charge on any atom is 0.307 e. The summed E-state index contributed by atoms with van der Waals surface area (Å²) in [5, 5.41) is 19.9. The molecule has 1 aromatic carbocycles. The van der Waals surface area contributed by atoms with Crippen molar-refractivity contribution < 1.29 is 23.2 Å². The fraction of sp³-hybridized carbons (Fsp3) is 0.462. The number of aryl methyl sites for hydroxylation is 1. The first kappa shape index (κ1) is 16.4. The van der Waals surface area contributed by atoms with Crippen LogP contribution in [0.4, 0.5) is 5.69 Å². The molecule has 22 heavy (non-hydrogen) atoms. The van der Waals surface area contributed by atoms with Gasteiger partial charge in [-0.25, -0.2) is 8.42 Å². The van der Waals surface area contributed by atoms with E-state index in [1.165, 1.54) is 12.1 Å². The number of carboxylic acids is 1. The van der Waals surface area contributed by atoms with E-state index in [1.807, 2.05) is 0 Å². The number of sulfonamides is 1. The van der Waals surface area contributed by atoms with Crippen LogP contribution in [0.25, 0.3) is 0 Å². The van der Waals surface area contributed by atoms with Gasteiger partial charge in [-0.1, -0.05) is 6.07 Å². The van der Waals surface area contributed by atoms with Crippen LogP contribution in [0.1, 0.15) is 18.4 Å². The van der Waals surface area contributed by atoms with Crippen molar-refractivity contribution in [1.82, 2.24) is 4.31 Å². The minimum Gasteiger partial charge on any atom is -0.481 e. The molecule has 0 amide bonds. The SMILES string of the molecule is Cc1ccc([N+](=O)[O-])cc1S(=O)(=O)N1CCCC(C(=O)O)C1. The van der Waals surface area contributed by atoms with Crippen LogP contribution in [0.15, 0.2) is 23.1 Å². The van der Waals surface area contributed by atoms with Crippen molar-refractivity contribution in [3.63, 3.8) is 0 Å². The molecule has 1 heterocycles. The van der Waals surface area contributed by atoms with Crippen LogP contribution in [0.5, 0.6) is 0 Å². The molecule has 0 saturated carbocycles. The van der Waals surface area contributed by atoms with E-state index in [0.29, 0.717) is 18.4 Å². The maximum atomic E-state index is 12.7. The van der Waals surface area contributed by atoms with E-state index in [1.54, 1.807) is 6.92 Å². The van der Waals surface area contributed by atoms with Crippen LogP contribution in [-0.2, 0) is 14.8 Å². The fourth-order valence-electron chi connectivity index (χ4n) is 2.48. The first-order valence-corrected chi connectivity index (χ1v) is 8.15. The number of rotatable bonds is 4. The molecule has 1 N–H and O–H groups in total. The van der Waals surface area contributed by atoms with Crippen molar-refractivity contribution in [2.75, 3.05) is 13.1 Å². The molecule has 1 aliphatic heterocycles. The quantitative estimate of drug-likeness (QED) is 0.659. The lowest BCUT2D eigenvalue weighted by Gasteiger charge is -2.30. The van der Waals surface area contributed by atoms with Crippen LogP contribution in [0.2, 0.25) is 0 Å². The third kappa shape index (κ3) is 3.09. The number of hydrogen-bond donors (Lipinski definition) is 1. The highest BCUT2D eigenvalue weighted by atomic mass is 32.2. The lowest BCUT2D eigenvalue weighted by Crippen LogP contribution is -2.42. The molecule has 1 aromatic rings. The van der Waals surface area contributed by atoms with Crippen LogP contribution in [0, 0.1) is 23.0 Å². The van der Waals surface area contributed by atoms with Crippen LogP contribution in [-0.4, -0.2) is 41.8 Å². The molecule has 1 aliphatic rings. The number of hydrogen-bond acceptors (Lipinski definition) is 5. The zero-order chi connectivity index (χ0) is 16.5. The average Bonchev–Trinajstić information content (AvgIpc) is 2.47. The van der Waals surface area contributed by atoms with Gasteiger partial charge in [-0.2, -0.15) is 4.31 Å². The van der Waals surface area contributed by atoms with E-state index in [-0.39, 0.29) is 23.7 Å². The fourth-order valence-corrected chi connectivity index (χ4v) is 4.25. The van der Waals surface area contributed by atoms with Gasteiger partial charge in [-0.15, -0.1) is 0 Å². The third-order valence-electron chi connectivity index (χ3n) is 3.73. The Bertz CT molecular complexity index is 715. The summed E-state index contributed by atoms with van der Waals surface area (Å²) in [4.78, 5) is 21.1. The number of carboxylic acid groups (broad SMARTS) is 1. The second-order valence-electron chi connectivity index (χ2n) is 5.25. The first-order chi connectivity index (χ1) is 10.2. The van der Waals surface area contributed by atoms with Gasteiger partial charge < -0.3 is 5.11 Å². The molecule has 1 fully saturated rings. The van der Waals surface area contributed by atoms with Gasteiger partial charge in [0.05, 0.1) is 15.7 Å². The normalized spacial score (nSPS) is 19.8. The average molecular weight is 328 g/mol. The minimum absolute atomic E-state index is 0.111. The smallest absolute Gasteiger partial charge is 0.307 e. The summed E-state index contributed by atoms with van der Waals surface area (Å²) in [5.41, 5.74) is 0.0824. The first-order valence-electron chi connectivity index (χ1n) is 6.71. The number of carbonyl (C=O) groups is 1. The van der Waals surface area contributed by atoms with E-state index in [2.05, 4.69) is 0 Å². The topological polar surface area (TPSA) is 118 Å². The molecule has 0 aliphatic carbocycles. The molecule has 2 rings (SSSR count). The highest BCUT2D eigenvalue weighted by Gasteiger charge is 2.34. The summed E-state index contributed by atoms with van der Waals surface area (Å²) < 4.78 is 26.4. The van der Waals surface area contributed by atoms with Crippen molar-refractivity contribution in [1.29, 1.82) is 0 Å². The van der Waals surface area contributed by atoms with Gasteiger partial charge in [0.1, 0.15) is 0 Å². The predicted octanol–water partition coefficient (Wildman–Crippen LogP) is 1.39. The molecular formula is C13H16N2O6S. The van der Waals surface area contributed by atoms with E-state index in [9.17, 15) is 23.3 Å². The van der Waals surface area contributed by atoms with E-state index < -0.39 is 26.8 Å². The molecule has 0 radical (unpaired) electrons. The summed E-state index contributed by atoms with van der Waals surface area (Å²) in [6, 6.07) is 3.64. The molecule has 0 aromatic heterocycles. The lowest BCUT2D eigenvalue weighted by atomic mass is 10.0. The van der Waals surface area contributed by atoms with Gasteiger partial charge >= 0.3 is 5.97 Å². The van der Waals surface area contributed by atoms with Crippen molar-refractivity contribution in [3.05, 3.63) is 33.9 Å². The molecule has 0 bridgehead atoms. The summed E-state index contributed by atoms with van der Waals surface area (Å²) >= 11 is 0. The predicted molar refractivity (Wildman–Crippen MR) is 77.0 cm³/mol. The third-order valence-corrected chi connectivity index (χ3v) is 5.74. The van der Waals surface area contributed by atoms with Crippen molar-refractivity contribution in [2.45, 2.75) is 24.7 Å². The highest BCUT2D eigenvalue weighted by Crippen LogP contribution is 2.28. The van der Waals surface area contributed by atoms with Gasteiger partial charge in [0.15, 0.2) is 0 Å². The summed E-state index contributed by atoms with van der Waals surface area (Å²) in [6.07, 6.45) is 0.874. The summed E-state index contributed by atoms with van der Waals surface area (Å²) in [7, 11) is -3.95.